The molecule has 2 saturated carbocycles. The van der Waals surface area contributed by atoms with Crippen molar-refractivity contribution >= 4 is 15.8 Å². The van der Waals surface area contributed by atoms with Crippen molar-refractivity contribution in [2.45, 2.75) is 39.5 Å². The summed E-state index contributed by atoms with van der Waals surface area (Å²) in [6.07, 6.45) is 1.83. The summed E-state index contributed by atoms with van der Waals surface area (Å²) in [5.74, 6) is -1.36. The van der Waals surface area contributed by atoms with Crippen LogP contribution in [0, 0.1) is 28.4 Å². The van der Waals surface area contributed by atoms with Gasteiger partial charge in [0.05, 0.1) is 5.75 Å². The molecule has 2 fully saturated rings. The average Bonchev–Trinajstić information content (AvgIpc) is 2.84. The third-order valence-electron chi connectivity index (χ3n) is 6.33. The molecule has 2 unspecified atom stereocenters. The van der Waals surface area contributed by atoms with Gasteiger partial charge in [-0.25, -0.2) is 21.9 Å². The summed E-state index contributed by atoms with van der Waals surface area (Å²) in [6.45, 7) is 3.84. The Balaban J connectivity index is 1.68. The molecule has 2 bridgehead atoms. The van der Waals surface area contributed by atoms with Gasteiger partial charge in [-0.2, -0.15) is 0 Å². The van der Waals surface area contributed by atoms with Crippen LogP contribution in [-0.2, 0) is 21.2 Å². The predicted molar refractivity (Wildman–Crippen MR) is 90.4 cm³/mol. The van der Waals surface area contributed by atoms with E-state index in [2.05, 4.69) is 4.72 Å². The lowest BCUT2D eigenvalue weighted by Gasteiger charge is -2.36. The summed E-state index contributed by atoms with van der Waals surface area (Å²) in [6, 6.07) is 3.55. The molecule has 3 rings (SSSR count). The van der Waals surface area contributed by atoms with Gasteiger partial charge < -0.3 is 0 Å². The van der Waals surface area contributed by atoms with Gasteiger partial charge >= 0.3 is 0 Å². The zero-order valence-electron chi connectivity index (χ0n) is 14.4. The van der Waals surface area contributed by atoms with Crippen LogP contribution in [0.2, 0.25) is 0 Å². The minimum Gasteiger partial charge on any atom is -0.299 e. The van der Waals surface area contributed by atoms with Crippen LogP contribution < -0.4 is 4.72 Å². The minimum absolute atomic E-state index is 0.0271. The van der Waals surface area contributed by atoms with Gasteiger partial charge in [-0.1, -0.05) is 19.9 Å². The second-order valence-corrected chi connectivity index (χ2v) is 9.58. The normalized spacial score (nSPS) is 27.8. The molecule has 2 aliphatic carbocycles. The highest BCUT2D eigenvalue weighted by Gasteiger charge is 2.65. The number of hydrogen-bond acceptors (Lipinski definition) is 3. The number of fused-ring (bicyclic) bond motifs is 2. The van der Waals surface area contributed by atoms with Crippen LogP contribution in [0.5, 0.6) is 0 Å². The molecular formula is C18H23F2NO3S. The van der Waals surface area contributed by atoms with Crippen molar-refractivity contribution in [2.24, 2.45) is 16.7 Å². The molecular weight excluding hydrogens is 348 g/mol. The number of halogens is 2. The number of Topliss-reactive ketones (excluding diaryl/α,β-unsaturated/α-hetero) is 1. The lowest BCUT2D eigenvalue weighted by Crippen LogP contribution is -2.45. The standard InChI is InChI=1S/C18H23F2NO3S/c1-17(2)12-6-8-18(17,16(22)10-12)11-25(23,24)21-9-7-13-14(19)4-3-5-15(13)20/h3-5,12,21H,6-11H2,1-2H3. The Hall–Kier alpha value is -1.34. The number of ketones is 1. The molecule has 138 valence electrons. The van der Waals surface area contributed by atoms with E-state index in [1.807, 2.05) is 13.8 Å². The number of nitrogens with one attached hydrogen (secondary N) is 1. The van der Waals surface area contributed by atoms with Gasteiger partial charge in [-0.05, 0) is 42.7 Å². The Morgan fingerprint density at radius 2 is 1.88 bits per heavy atom. The summed E-state index contributed by atoms with van der Waals surface area (Å²) in [5.41, 5.74) is -1.31. The number of hydrogen-bond donors (Lipinski definition) is 1. The van der Waals surface area contributed by atoms with Gasteiger partial charge in [0.1, 0.15) is 17.4 Å². The van der Waals surface area contributed by atoms with E-state index in [9.17, 15) is 22.0 Å². The van der Waals surface area contributed by atoms with Crippen molar-refractivity contribution in [3.05, 3.63) is 35.4 Å². The molecule has 0 radical (unpaired) electrons. The maximum absolute atomic E-state index is 13.6. The summed E-state index contributed by atoms with van der Waals surface area (Å²) < 4.78 is 54.7. The summed E-state index contributed by atoms with van der Waals surface area (Å²) in [7, 11) is -3.72. The Kier molecular flexibility index (Phi) is 4.52. The lowest BCUT2D eigenvalue weighted by molar-refractivity contribution is -0.128. The molecule has 0 aromatic heterocycles. The first kappa shape index (κ1) is 18.5. The van der Waals surface area contributed by atoms with Gasteiger partial charge in [-0.15, -0.1) is 0 Å². The van der Waals surface area contributed by atoms with Gasteiger partial charge in [0, 0.05) is 23.9 Å². The van der Waals surface area contributed by atoms with E-state index in [0.29, 0.717) is 12.8 Å². The number of sulfonamides is 1. The Bertz CT molecular complexity index is 786. The summed E-state index contributed by atoms with van der Waals surface area (Å²) in [5, 5.41) is 0. The highest BCUT2D eigenvalue weighted by atomic mass is 32.2. The zero-order valence-corrected chi connectivity index (χ0v) is 15.3. The second-order valence-electron chi connectivity index (χ2n) is 7.77. The van der Waals surface area contributed by atoms with E-state index in [1.165, 1.54) is 6.07 Å². The molecule has 25 heavy (non-hydrogen) atoms. The number of carbonyl (C=O) groups excluding carboxylic acids is 1. The fourth-order valence-electron chi connectivity index (χ4n) is 4.59. The molecule has 1 aromatic carbocycles. The van der Waals surface area contributed by atoms with Crippen LogP contribution in [0.1, 0.15) is 38.7 Å². The first-order chi connectivity index (χ1) is 11.6. The van der Waals surface area contributed by atoms with Crippen LogP contribution >= 0.6 is 0 Å². The van der Waals surface area contributed by atoms with Gasteiger partial charge in [0.2, 0.25) is 10.0 Å². The molecule has 1 aromatic rings. The molecule has 7 heteroatoms. The molecule has 0 amide bonds. The third kappa shape index (κ3) is 3.01. The fourth-order valence-corrected chi connectivity index (χ4v) is 6.43. The Morgan fingerprint density at radius 1 is 1.24 bits per heavy atom. The largest absolute Gasteiger partial charge is 0.299 e. The van der Waals surface area contributed by atoms with E-state index in [4.69, 9.17) is 0 Å². The van der Waals surface area contributed by atoms with Gasteiger partial charge in [0.15, 0.2) is 0 Å². The molecule has 1 N–H and O–H groups in total. The highest BCUT2D eigenvalue weighted by Crippen LogP contribution is 2.64. The molecule has 0 heterocycles. The average molecular weight is 371 g/mol. The summed E-state index contributed by atoms with van der Waals surface area (Å²) in [4.78, 5) is 12.4. The Morgan fingerprint density at radius 3 is 2.40 bits per heavy atom. The van der Waals surface area contributed by atoms with Crippen molar-refractivity contribution in [2.75, 3.05) is 12.3 Å². The zero-order chi connectivity index (χ0) is 18.5. The van der Waals surface area contributed by atoms with Crippen LogP contribution in [-0.4, -0.2) is 26.5 Å². The number of benzene rings is 1. The smallest absolute Gasteiger partial charge is 0.212 e. The molecule has 4 nitrogen and oxygen atoms in total. The lowest BCUT2D eigenvalue weighted by atomic mass is 9.70. The first-order valence-corrected chi connectivity index (χ1v) is 10.2. The molecule has 2 aliphatic rings. The highest BCUT2D eigenvalue weighted by molar-refractivity contribution is 7.89. The van der Waals surface area contributed by atoms with Crippen molar-refractivity contribution < 1.29 is 22.0 Å². The van der Waals surface area contributed by atoms with E-state index in [0.717, 1.165) is 18.6 Å². The molecule has 0 aliphatic heterocycles. The fraction of sp³-hybridized carbons (Fsp3) is 0.611. The predicted octanol–water partition coefficient (Wildman–Crippen LogP) is 2.82. The van der Waals surface area contributed by atoms with E-state index in [1.54, 1.807) is 0 Å². The molecule has 0 saturated heterocycles. The van der Waals surface area contributed by atoms with E-state index in [-0.39, 0.29) is 41.4 Å². The molecule has 2 atom stereocenters. The van der Waals surface area contributed by atoms with E-state index >= 15 is 0 Å². The van der Waals surface area contributed by atoms with Crippen molar-refractivity contribution in [3.63, 3.8) is 0 Å². The topological polar surface area (TPSA) is 63.2 Å². The number of carbonyl (C=O) groups is 1. The summed E-state index contributed by atoms with van der Waals surface area (Å²) >= 11 is 0. The maximum atomic E-state index is 13.6. The number of rotatable bonds is 6. The van der Waals surface area contributed by atoms with Crippen molar-refractivity contribution in [1.82, 2.24) is 4.72 Å². The van der Waals surface area contributed by atoms with Crippen molar-refractivity contribution in [1.29, 1.82) is 0 Å². The third-order valence-corrected chi connectivity index (χ3v) is 7.85. The SMILES string of the molecule is CC1(C)C2CCC1(CS(=O)(=O)NCCc1c(F)cccc1F)C(=O)C2. The quantitative estimate of drug-likeness (QED) is 0.836. The van der Waals surface area contributed by atoms with Crippen molar-refractivity contribution in [3.8, 4) is 0 Å². The van der Waals surface area contributed by atoms with Crippen LogP contribution in [0.3, 0.4) is 0 Å². The van der Waals surface area contributed by atoms with Crippen LogP contribution in [0.15, 0.2) is 18.2 Å². The minimum atomic E-state index is -3.72. The van der Waals surface area contributed by atoms with Gasteiger partial charge in [0.25, 0.3) is 0 Å². The second kappa shape index (κ2) is 6.13. The Labute approximate surface area is 147 Å². The van der Waals surface area contributed by atoms with Gasteiger partial charge in [-0.3, -0.25) is 4.79 Å². The van der Waals surface area contributed by atoms with E-state index < -0.39 is 27.1 Å². The molecule has 0 spiro atoms. The first-order valence-electron chi connectivity index (χ1n) is 8.53. The maximum Gasteiger partial charge on any atom is 0.212 e. The monoisotopic (exact) mass is 371 g/mol. The van der Waals surface area contributed by atoms with Crippen LogP contribution in [0.4, 0.5) is 8.78 Å². The van der Waals surface area contributed by atoms with Crippen LogP contribution in [0.25, 0.3) is 0 Å².